The Morgan fingerprint density at radius 2 is 2.05 bits per heavy atom. The smallest absolute Gasteiger partial charge is 0.123 e. The standard InChI is InChI=1S/C15H22FNO2/c1-15(2)11-19-10-9-17(15)8-7-14(18)12-3-5-13(16)6-4-12/h3-6,14,18H,7-11H2,1-2H3. The van der Waals surface area contributed by atoms with Crippen molar-refractivity contribution in [2.75, 3.05) is 26.3 Å². The van der Waals surface area contributed by atoms with Gasteiger partial charge in [0.05, 0.1) is 19.3 Å². The molecule has 0 saturated carbocycles. The van der Waals surface area contributed by atoms with Gasteiger partial charge in [-0.2, -0.15) is 0 Å². The summed E-state index contributed by atoms with van der Waals surface area (Å²) in [5.74, 6) is -0.273. The van der Waals surface area contributed by atoms with Crippen molar-refractivity contribution in [1.29, 1.82) is 0 Å². The van der Waals surface area contributed by atoms with E-state index in [0.717, 1.165) is 31.9 Å². The largest absolute Gasteiger partial charge is 0.388 e. The van der Waals surface area contributed by atoms with E-state index in [4.69, 9.17) is 4.74 Å². The Kier molecular flexibility index (Phi) is 4.55. The molecule has 1 N–H and O–H groups in total. The molecule has 1 aliphatic heterocycles. The van der Waals surface area contributed by atoms with Gasteiger partial charge in [-0.15, -0.1) is 0 Å². The first-order valence-electron chi connectivity index (χ1n) is 6.75. The molecule has 19 heavy (non-hydrogen) atoms. The van der Waals surface area contributed by atoms with Gasteiger partial charge >= 0.3 is 0 Å². The maximum Gasteiger partial charge on any atom is 0.123 e. The van der Waals surface area contributed by atoms with Crippen LogP contribution in [0.3, 0.4) is 0 Å². The first kappa shape index (κ1) is 14.4. The zero-order chi connectivity index (χ0) is 13.9. The van der Waals surface area contributed by atoms with Gasteiger partial charge < -0.3 is 9.84 Å². The molecule has 1 heterocycles. The predicted molar refractivity (Wildman–Crippen MR) is 72.4 cm³/mol. The molecule has 1 saturated heterocycles. The maximum atomic E-state index is 12.8. The number of hydrogen-bond donors (Lipinski definition) is 1. The molecule has 1 atom stereocenters. The maximum absolute atomic E-state index is 12.8. The van der Waals surface area contributed by atoms with Gasteiger partial charge in [0.25, 0.3) is 0 Å². The molecule has 106 valence electrons. The van der Waals surface area contributed by atoms with Crippen molar-refractivity contribution >= 4 is 0 Å². The Morgan fingerprint density at radius 3 is 2.68 bits per heavy atom. The molecule has 1 aliphatic rings. The van der Waals surface area contributed by atoms with Gasteiger partial charge in [-0.25, -0.2) is 4.39 Å². The van der Waals surface area contributed by atoms with Gasteiger partial charge in [-0.05, 0) is 38.0 Å². The van der Waals surface area contributed by atoms with E-state index >= 15 is 0 Å². The fourth-order valence-electron chi connectivity index (χ4n) is 2.43. The second-order valence-corrected chi connectivity index (χ2v) is 5.71. The third-order valence-electron chi connectivity index (χ3n) is 3.74. The van der Waals surface area contributed by atoms with Crippen molar-refractivity contribution in [3.63, 3.8) is 0 Å². The van der Waals surface area contributed by atoms with Crippen molar-refractivity contribution in [1.82, 2.24) is 4.90 Å². The molecule has 2 rings (SSSR count). The van der Waals surface area contributed by atoms with Gasteiger partial charge in [-0.3, -0.25) is 4.90 Å². The van der Waals surface area contributed by atoms with Crippen LogP contribution in [0.4, 0.5) is 4.39 Å². The summed E-state index contributed by atoms with van der Waals surface area (Å²) >= 11 is 0. The van der Waals surface area contributed by atoms with E-state index in [1.165, 1.54) is 12.1 Å². The van der Waals surface area contributed by atoms with Crippen LogP contribution in [0, 0.1) is 5.82 Å². The monoisotopic (exact) mass is 267 g/mol. The molecular weight excluding hydrogens is 245 g/mol. The Balaban J connectivity index is 1.89. The van der Waals surface area contributed by atoms with Crippen molar-refractivity contribution in [2.45, 2.75) is 31.9 Å². The highest BCUT2D eigenvalue weighted by atomic mass is 19.1. The Bertz CT molecular complexity index is 405. The number of ether oxygens (including phenoxy) is 1. The van der Waals surface area contributed by atoms with Crippen LogP contribution in [-0.4, -0.2) is 41.8 Å². The summed E-state index contributed by atoms with van der Waals surface area (Å²) in [5.41, 5.74) is 0.785. The van der Waals surface area contributed by atoms with Crippen LogP contribution in [0.25, 0.3) is 0 Å². The molecule has 0 radical (unpaired) electrons. The summed E-state index contributed by atoms with van der Waals surface area (Å²) in [6, 6.07) is 6.06. The van der Waals surface area contributed by atoms with Crippen LogP contribution in [0.5, 0.6) is 0 Å². The average Bonchev–Trinajstić information content (AvgIpc) is 2.37. The quantitative estimate of drug-likeness (QED) is 0.909. The third-order valence-corrected chi connectivity index (χ3v) is 3.74. The van der Waals surface area contributed by atoms with Crippen molar-refractivity contribution in [3.05, 3.63) is 35.6 Å². The number of hydrogen-bond acceptors (Lipinski definition) is 3. The van der Waals surface area contributed by atoms with Gasteiger partial charge in [0.1, 0.15) is 5.82 Å². The lowest BCUT2D eigenvalue weighted by atomic mass is 10.0. The van der Waals surface area contributed by atoms with E-state index in [1.807, 2.05) is 0 Å². The lowest BCUT2D eigenvalue weighted by Gasteiger charge is -2.42. The normalized spacial score (nSPS) is 21.3. The van der Waals surface area contributed by atoms with Crippen molar-refractivity contribution in [2.24, 2.45) is 0 Å². The summed E-state index contributed by atoms with van der Waals surface area (Å²) in [4.78, 5) is 2.34. The number of benzene rings is 1. The van der Waals surface area contributed by atoms with E-state index in [9.17, 15) is 9.50 Å². The SMILES string of the molecule is CC1(C)COCCN1CCC(O)c1ccc(F)cc1. The number of morpholine rings is 1. The highest BCUT2D eigenvalue weighted by Crippen LogP contribution is 2.23. The Hall–Kier alpha value is -0.970. The summed E-state index contributed by atoms with van der Waals surface area (Å²) < 4.78 is 18.3. The number of aliphatic hydroxyl groups excluding tert-OH is 1. The van der Waals surface area contributed by atoms with Crippen LogP contribution in [0.2, 0.25) is 0 Å². The molecule has 4 heteroatoms. The average molecular weight is 267 g/mol. The summed E-state index contributed by atoms with van der Waals surface area (Å²) in [6.45, 7) is 7.47. The van der Waals surface area contributed by atoms with Crippen LogP contribution in [0.15, 0.2) is 24.3 Å². The zero-order valence-corrected chi connectivity index (χ0v) is 11.6. The van der Waals surface area contributed by atoms with Crippen molar-refractivity contribution in [3.8, 4) is 0 Å². The summed E-state index contributed by atoms with van der Waals surface area (Å²) in [6.07, 6.45) is 0.106. The molecule has 1 aromatic rings. The number of aliphatic hydroxyl groups is 1. The minimum atomic E-state index is -0.542. The van der Waals surface area contributed by atoms with E-state index in [-0.39, 0.29) is 11.4 Å². The predicted octanol–water partition coefficient (Wildman–Crippen LogP) is 2.36. The van der Waals surface area contributed by atoms with E-state index in [0.29, 0.717) is 6.42 Å². The summed E-state index contributed by atoms with van der Waals surface area (Å²) in [5, 5.41) is 10.1. The second-order valence-electron chi connectivity index (χ2n) is 5.71. The van der Waals surface area contributed by atoms with Gasteiger partial charge in [-0.1, -0.05) is 12.1 Å². The van der Waals surface area contributed by atoms with E-state index in [2.05, 4.69) is 18.7 Å². The number of halogens is 1. The topological polar surface area (TPSA) is 32.7 Å². The van der Waals surface area contributed by atoms with Crippen LogP contribution < -0.4 is 0 Å². The Labute approximate surface area is 114 Å². The van der Waals surface area contributed by atoms with Crippen molar-refractivity contribution < 1.29 is 14.2 Å². The molecule has 1 unspecified atom stereocenters. The molecule has 1 aromatic carbocycles. The van der Waals surface area contributed by atoms with Gasteiger partial charge in [0, 0.05) is 18.6 Å². The molecular formula is C15H22FNO2. The van der Waals surface area contributed by atoms with Crippen LogP contribution in [-0.2, 0) is 4.74 Å². The zero-order valence-electron chi connectivity index (χ0n) is 11.6. The van der Waals surface area contributed by atoms with Crippen LogP contribution in [0.1, 0.15) is 31.9 Å². The minimum absolute atomic E-state index is 0.0146. The molecule has 0 bridgehead atoms. The molecule has 0 spiro atoms. The minimum Gasteiger partial charge on any atom is -0.388 e. The molecule has 1 fully saturated rings. The number of rotatable bonds is 4. The number of nitrogens with zero attached hydrogens (tertiary/aromatic N) is 1. The van der Waals surface area contributed by atoms with Crippen LogP contribution >= 0.6 is 0 Å². The molecule has 3 nitrogen and oxygen atoms in total. The third kappa shape index (κ3) is 3.75. The summed E-state index contributed by atoms with van der Waals surface area (Å²) in [7, 11) is 0. The molecule has 0 aliphatic carbocycles. The Morgan fingerprint density at radius 1 is 1.37 bits per heavy atom. The lowest BCUT2D eigenvalue weighted by molar-refractivity contribution is -0.0552. The molecule has 0 amide bonds. The fourth-order valence-corrected chi connectivity index (χ4v) is 2.43. The van der Waals surface area contributed by atoms with E-state index in [1.54, 1.807) is 12.1 Å². The fraction of sp³-hybridized carbons (Fsp3) is 0.600. The van der Waals surface area contributed by atoms with E-state index < -0.39 is 6.10 Å². The first-order chi connectivity index (χ1) is 8.99. The lowest BCUT2D eigenvalue weighted by Crippen LogP contribution is -2.53. The second kappa shape index (κ2) is 5.99. The van der Waals surface area contributed by atoms with Gasteiger partial charge in [0.2, 0.25) is 0 Å². The molecule has 0 aromatic heterocycles. The highest BCUT2D eigenvalue weighted by Gasteiger charge is 2.30. The first-order valence-corrected chi connectivity index (χ1v) is 6.75. The highest BCUT2D eigenvalue weighted by molar-refractivity contribution is 5.18. The van der Waals surface area contributed by atoms with Gasteiger partial charge in [0.15, 0.2) is 0 Å².